The zero-order valence-electron chi connectivity index (χ0n) is 29.2. The smallest absolute Gasteiger partial charge is 0.347 e. The maximum atomic E-state index is 14.1. The molecular formula is C40H42N4O8. The monoisotopic (exact) mass is 706 g/mol. The highest BCUT2D eigenvalue weighted by Gasteiger charge is 2.60. The fourth-order valence-corrected chi connectivity index (χ4v) is 5.93. The van der Waals surface area contributed by atoms with E-state index in [0.29, 0.717) is 5.56 Å². The van der Waals surface area contributed by atoms with Gasteiger partial charge in [-0.2, -0.15) is 0 Å². The molecule has 4 aromatic rings. The van der Waals surface area contributed by atoms with E-state index in [1.807, 2.05) is 60.7 Å². The Morgan fingerprint density at radius 1 is 0.788 bits per heavy atom. The summed E-state index contributed by atoms with van der Waals surface area (Å²) in [6.07, 6.45) is -0.291. The third-order valence-corrected chi connectivity index (χ3v) is 8.28. The van der Waals surface area contributed by atoms with Crippen LogP contribution in [0.2, 0.25) is 0 Å². The molecule has 270 valence electrons. The molecule has 0 radical (unpaired) electrons. The van der Waals surface area contributed by atoms with Gasteiger partial charge in [-0.15, -0.1) is 0 Å². The van der Waals surface area contributed by atoms with Crippen LogP contribution in [-0.4, -0.2) is 52.6 Å². The highest BCUT2D eigenvalue weighted by Crippen LogP contribution is 2.46. The number of hydrogen-bond acceptors (Lipinski definition) is 9. The number of likely N-dealkylation sites (tertiary alicyclic amines) is 1. The Morgan fingerprint density at radius 2 is 1.37 bits per heavy atom. The van der Waals surface area contributed by atoms with Crippen molar-refractivity contribution in [3.8, 4) is 0 Å². The molecule has 1 aliphatic heterocycles. The minimum Gasteiger partial charge on any atom is -0.461 e. The summed E-state index contributed by atoms with van der Waals surface area (Å²) in [7, 11) is 0. The van der Waals surface area contributed by atoms with Crippen molar-refractivity contribution in [2.24, 2.45) is 11.7 Å². The van der Waals surface area contributed by atoms with Crippen molar-refractivity contribution in [1.82, 2.24) is 10.2 Å². The number of nitrogens with two attached hydrogens (primary N) is 1. The van der Waals surface area contributed by atoms with E-state index >= 15 is 0 Å². The second-order valence-electron chi connectivity index (χ2n) is 13.4. The molecule has 12 heteroatoms. The number of hydrogen-bond donors (Lipinski definition) is 3. The van der Waals surface area contributed by atoms with E-state index in [0.717, 1.165) is 16.0 Å². The predicted octanol–water partition coefficient (Wildman–Crippen LogP) is 5.50. The largest absolute Gasteiger partial charge is 0.461 e. The first kappa shape index (κ1) is 37.3. The molecule has 3 amide bonds. The molecule has 3 unspecified atom stereocenters. The molecule has 12 nitrogen and oxygen atoms in total. The van der Waals surface area contributed by atoms with Gasteiger partial charge in [0.05, 0.1) is 24.1 Å². The van der Waals surface area contributed by atoms with E-state index < -0.39 is 59.6 Å². The Hall–Kier alpha value is -6.01. The summed E-state index contributed by atoms with van der Waals surface area (Å²) in [6.45, 7) is 4.46. The maximum Gasteiger partial charge on any atom is 0.347 e. The Balaban J connectivity index is 1.33. The molecule has 1 fully saturated rings. The van der Waals surface area contributed by atoms with E-state index in [4.69, 9.17) is 19.9 Å². The summed E-state index contributed by atoms with van der Waals surface area (Å²) in [4.78, 5) is 68.5. The van der Waals surface area contributed by atoms with Crippen LogP contribution in [0.4, 0.5) is 10.5 Å². The Bertz CT molecular complexity index is 1880. The van der Waals surface area contributed by atoms with Crippen molar-refractivity contribution in [1.29, 1.82) is 0 Å². The van der Waals surface area contributed by atoms with Crippen LogP contribution in [0.25, 0.3) is 0 Å². The van der Waals surface area contributed by atoms with E-state index in [1.54, 1.807) is 69.3 Å². The van der Waals surface area contributed by atoms with Crippen molar-refractivity contribution in [3.63, 3.8) is 0 Å². The summed E-state index contributed by atoms with van der Waals surface area (Å²) >= 11 is 0. The van der Waals surface area contributed by atoms with E-state index in [2.05, 4.69) is 10.6 Å². The lowest BCUT2D eigenvalue weighted by molar-refractivity contribution is -0.172. The number of urea groups is 1. The van der Waals surface area contributed by atoms with Crippen molar-refractivity contribution < 1.29 is 38.2 Å². The standard InChI is InChI=1S/C40H42N4O8/c1-39(2,3)52-37(48)40(41)23-32(36(47)51-26-28-16-9-5-10-17-28)34(29-18-11-6-12-19-29)44(40)33(45)24-42-38(49)43-31-21-13-20-30(22-31)35(46)50-25-27-14-7-4-8-15-27/h4-22,32,34H,23-26,41H2,1-3H3,(H2,42,43,49). The number of rotatable bonds is 11. The number of amides is 3. The third-order valence-electron chi connectivity index (χ3n) is 8.28. The first-order valence-corrected chi connectivity index (χ1v) is 16.8. The molecule has 1 saturated heterocycles. The van der Waals surface area contributed by atoms with Crippen LogP contribution in [0.1, 0.15) is 60.3 Å². The van der Waals surface area contributed by atoms with Crippen molar-refractivity contribution >= 4 is 35.5 Å². The summed E-state index contributed by atoms with van der Waals surface area (Å²) in [5.41, 5.74) is 6.35. The van der Waals surface area contributed by atoms with Gasteiger partial charge in [0, 0.05) is 12.1 Å². The van der Waals surface area contributed by atoms with Gasteiger partial charge < -0.3 is 29.7 Å². The summed E-state index contributed by atoms with van der Waals surface area (Å²) < 4.78 is 16.8. The zero-order chi connectivity index (χ0) is 37.3. The van der Waals surface area contributed by atoms with Gasteiger partial charge in [0.15, 0.2) is 5.66 Å². The van der Waals surface area contributed by atoms with Gasteiger partial charge in [0.1, 0.15) is 18.8 Å². The topological polar surface area (TPSA) is 166 Å². The van der Waals surface area contributed by atoms with Gasteiger partial charge in [-0.05, 0) is 55.7 Å². The summed E-state index contributed by atoms with van der Waals surface area (Å²) in [5.74, 6) is -3.94. The van der Waals surface area contributed by atoms with Crippen LogP contribution in [0, 0.1) is 5.92 Å². The molecule has 5 rings (SSSR count). The molecule has 0 bridgehead atoms. The van der Waals surface area contributed by atoms with Gasteiger partial charge in [-0.1, -0.05) is 97.1 Å². The number of nitrogens with zero attached hydrogens (tertiary/aromatic N) is 1. The molecule has 52 heavy (non-hydrogen) atoms. The van der Waals surface area contributed by atoms with Gasteiger partial charge in [-0.25, -0.2) is 14.4 Å². The number of nitrogens with one attached hydrogen (secondary N) is 2. The first-order chi connectivity index (χ1) is 24.8. The quantitative estimate of drug-likeness (QED) is 0.135. The minimum absolute atomic E-state index is 0.0245. The van der Waals surface area contributed by atoms with Crippen LogP contribution >= 0.6 is 0 Å². The number of esters is 3. The van der Waals surface area contributed by atoms with Crippen molar-refractivity contribution in [2.45, 2.75) is 57.7 Å². The molecule has 1 aliphatic rings. The Kier molecular flexibility index (Phi) is 11.7. The molecule has 0 saturated carbocycles. The minimum atomic E-state index is -2.09. The van der Waals surface area contributed by atoms with Crippen molar-refractivity contribution in [2.75, 3.05) is 11.9 Å². The van der Waals surface area contributed by atoms with E-state index in [1.165, 1.54) is 6.07 Å². The van der Waals surface area contributed by atoms with Crippen LogP contribution < -0.4 is 16.4 Å². The zero-order valence-corrected chi connectivity index (χ0v) is 29.2. The maximum absolute atomic E-state index is 14.1. The molecular weight excluding hydrogens is 664 g/mol. The van der Waals surface area contributed by atoms with Gasteiger partial charge in [-0.3, -0.25) is 15.3 Å². The molecule has 0 aromatic heterocycles. The summed E-state index contributed by atoms with van der Waals surface area (Å²) in [6, 6.07) is 31.4. The van der Waals surface area contributed by atoms with Crippen LogP contribution in [-0.2, 0) is 41.8 Å². The highest BCUT2D eigenvalue weighted by atomic mass is 16.6. The predicted molar refractivity (Wildman–Crippen MR) is 192 cm³/mol. The molecule has 0 spiro atoms. The fourth-order valence-electron chi connectivity index (χ4n) is 5.93. The van der Waals surface area contributed by atoms with Crippen molar-refractivity contribution in [3.05, 3.63) is 138 Å². The summed E-state index contributed by atoms with van der Waals surface area (Å²) in [5, 5.41) is 5.12. The second kappa shape index (κ2) is 16.3. The molecule has 0 aliphatic carbocycles. The SMILES string of the molecule is CC(C)(C)OC(=O)C1(N)CC(C(=O)OCc2ccccc2)C(c2ccccc2)N1C(=O)CNC(=O)Nc1cccc(C(=O)OCc2ccccc2)c1. The lowest BCUT2D eigenvalue weighted by Crippen LogP contribution is -2.63. The number of carbonyl (C=O) groups is 5. The number of anilines is 1. The fraction of sp³-hybridized carbons (Fsp3) is 0.275. The van der Waals surface area contributed by atoms with Crippen LogP contribution in [0.3, 0.4) is 0 Å². The van der Waals surface area contributed by atoms with Crippen LogP contribution in [0.5, 0.6) is 0 Å². The van der Waals surface area contributed by atoms with Gasteiger partial charge >= 0.3 is 23.9 Å². The molecule has 3 atom stereocenters. The highest BCUT2D eigenvalue weighted by molar-refractivity contribution is 5.97. The number of carbonyl (C=O) groups excluding carboxylic acids is 5. The van der Waals surface area contributed by atoms with Gasteiger partial charge in [0.25, 0.3) is 0 Å². The second-order valence-corrected chi connectivity index (χ2v) is 13.4. The molecule has 1 heterocycles. The average molecular weight is 707 g/mol. The molecule has 4 aromatic carbocycles. The normalized spacial score (nSPS) is 18.2. The Labute approximate surface area is 302 Å². The van der Waals surface area contributed by atoms with Crippen LogP contribution in [0.15, 0.2) is 115 Å². The third kappa shape index (κ3) is 9.40. The number of ether oxygens (including phenoxy) is 3. The van der Waals surface area contributed by atoms with Gasteiger partial charge in [0.2, 0.25) is 5.91 Å². The first-order valence-electron chi connectivity index (χ1n) is 16.8. The lowest BCUT2D eigenvalue weighted by Gasteiger charge is -2.38. The lowest BCUT2D eigenvalue weighted by atomic mass is 9.92. The van der Waals surface area contributed by atoms with E-state index in [9.17, 15) is 24.0 Å². The molecule has 4 N–H and O–H groups in total. The van der Waals surface area contributed by atoms with E-state index in [-0.39, 0.29) is 30.9 Å². The Morgan fingerprint density at radius 3 is 1.96 bits per heavy atom. The number of benzene rings is 4. The average Bonchev–Trinajstić information content (AvgIpc) is 3.47.